The molecule has 6 heteroatoms. The highest BCUT2D eigenvalue weighted by Crippen LogP contribution is 2.16. The lowest BCUT2D eigenvalue weighted by Crippen LogP contribution is -2.41. The Bertz CT molecular complexity index is 574. The van der Waals surface area contributed by atoms with Gasteiger partial charge in [-0.1, -0.05) is 12.1 Å². The van der Waals surface area contributed by atoms with E-state index in [-0.39, 0.29) is 5.91 Å². The van der Waals surface area contributed by atoms with E-state index in [2.05, 4.69) is 20.5 Å². The summed E-state index contributed by atoms with van der Waals surface area (Å²) in [5.41, 5.74) is 1.83. The number of carbonyl (C=O) groups excluding carboxylic acids is 1. The van der Waals surface area contributed by atoms with Crippen molar-refractivity contribution in [3.05, 3.63) is 35.4 Å². The van der Waals surface area contributed by atoms with Crippen molar-refractivity contribution in [1.29, 1.82) is 0 Å². The Morgan fingerprint density at radius 1 is 1.46 bits per heavy atom. The summed E-state index contributed by atoms with van der Waals surface area (Å²) in [6.07, 6.45) is 1.99. The number of methoxy groups -OCH3 is 1. The third-order valence-electron chi connectivity index (χ3n) is 4.31. The van der Waals surface area contributed by atoms with Crippen LogP contribution in [0.1, 0.15) is 22.3 Å². The number of carbonyl (C=O) groups is 1. The molecule has 0 saturated carbocycles. The van der Waals surface area contributed by atoms with Crippen molar-refractivity contribution in [2.75, 3.05) is 47.4 Å². The van der Waals surface area contributed by atoms with Crippen molar-refractivity contribution in [3.8, 4) is 0 Å². The maximum absolute atomic E-state index is 11.7. The quantitative estimate of drug-likeness (QED) is 0.605. The highest BCUT2D eigenvalue weighted by Gasteiger charge is 2.24. The Morgan fingerprint density at radius 3 is 3.00 bits per heavy atom. The Hall–Kier alpha value is -2.08. The summed E-state index contributed by atoms with van der Waals surface area (Å²) >= 11 is 0. The topological polar surface area (TPSA) is 66.0 Å². The highest BCUT2D eigenvalue weighted by atomic mass is 16.5. The first kappa shape index (κ1) is 18.3. The van der Waals surface area contributed by atoms with Gasteiger partial charge in [-0.15, -0.1) is 0 Å². The summed E-state index contributed by atoms with van der Waals surface area (Å²) in [6.45, 7) is 3.59. The summed E-state index contributed by atoms with van der Waals surface area (Å²) in [5, 5.41) is 6.07. The van der Waals surface area contributed by atoms with E-state index in [1.165, 1.54) is 0 Å². The van der Waals surface area contributed by atoms with Crippen LogP contribution >= 0.6 is 0 Å². The molecule has 1 aliphatic rings. The van der Waals surface area contributed by atoms with E-state index in [1.807, 2.05) is 31.3 Å². The molecule has 1 atom stereocenters. The average molecular weight is 332 g/mol. The minimum Gasteiger partial charge on any atom is -0.384 e. The van der Waals surface area contributed by atoms with Crippen LogP contribution in [0.25, 0.3) is 0 Å². The second-order valence-electron chi connectivity index (χ2n) is 6.06. The predicted octanol–water partition coefficient (Wildman–Crippen LogP) is 1.13. The molecule has 1 fully saturated rings. The molecule has 2 rings (SSSR count). The van der Waals surface area contributed by atoms with E-state index >= 15 is 0 Å². The normalized spacial score (nSPS) is 17.9. The number of nitrogens with one attached hydrogen (secondary N) is 2. The lowest BCUT2D eigenvalue weighted by atomic mass is 10.1. The molecule has 1 aliphatic heterocycles. The summed E-state index contributed by atoms with van der Waals surface area (Å²) in [5.74, 6) is 1.47. The van der Waals surface area contributed by atoms with Gasteiger partial charge in [0.05, 0.1) is 6.61 Å². The van der Waals surface area contributed by atoms with E-state index in [9.17, 15) is 4.79 Å². The molecule has 24 heavy (non-hydrogen) atoms. The standard InChI is InChI=1S/C18H28N4O2/c1-19-17(23)16-6-4-5-14(11-16)7-9-21-18(20-2)22-10-8-15(12-22)13-24-3/h4-6,11,15H,7-10,12-13H2,1-3H3,(H,19,23)(H,20,21). The van der Waals surface area contributed by atoms with Crippen molar-refractivity contribution in [2.45, 2.75) is 12.8 Å². The number of hydrogen-bond acceptors (Lipinski definition) is 3. The summed E-state index contributed by atoms with van der Waals surface area (Å²) in [4.78, 5) is 18.4. The SMILES string of the molecule is CN=C(NCCc1cccc(C(=O)NC)c1)N1CCC(COC)C1. The van der Waals surface area contributed by atoms with Gasteiger partial charge in [0.1, 0.15) is 0 Å². The number of benzene rings is 1. The van der Waals surface area contributed by atoms with Crippen LogP contribution in [0.5, 0.6) is 0 Å². The van der Waals surface area contributed by atoms with Crippen molar-refractivity contribution >= 4 is 11.9 Å². The maximum atomic E-state index is 11.7. The first-order chi connectivity index (χ1) is 11.7. The van der Waals surface area contributed by atoms with Gasteiger partial charge in [-0.25, -0.2) is 0 Å². The maximum Gasteiger partial charge on any atom is 0.251 e. The van der Waals surface area contributed by atoms with Gasteiger partial charge in [-0.3, -0.25) is 9.79 Å². The molecular formula is C18H28N4O2. The Balaban J connectivity index is 1.83. The monoisotopic (exact) mass is 332 g/mol. The fourth-order valence-corrected chi connectivity index (χ4v) is 3.06. The predicted molar refractivity (Wildman–Crippen MR) is 96.5 cm³/mol. The lowest BCUT2D eigenvalue weighted by Gasteiger charge is -2.21. The first-order valence-electron chi connectivity index (χ1n) is 8.43. The summed E-state index contributed by atoms with van der Waals surface area (Å²) < 4.78 is 5.25. The van der Waals surface area contributed by atoms with Crippen molar-refractivity contribution < 1.29 is 9.53 Å². The van der Waals surface area contributed by atoms with Gasteiger partial charge >= 0.3 is 0 Å². The van der Waals surface area contributed by atoms with Crippen molar-refractivity contribution in [3.63, 3.8) is 0 Å². The molecule has 6 nitrogen and oxygen atoms in total. The number of rotatable bonds is 6. The third kappa shape index (κ3) is 4.96. The van der Waals surface area contributed by atoms with E-state index in [1.54, 1.807) is 14.2 Å². The van der Waals surface area contributed by atoms with E-state index < -0.39 is 0 Å². The average Bonchev–Trinajstić information content (AvgIpc) is 3.07. The molecule has 0 radical (unpaired) electrons. The summed E-state index contributed by atoms with van der Waals surface area (Å²) in [7, 11) is 5.22. The van der Waals surface area contributed by atoms with Crippen molar-refractivity contribution in [1.82, 2.24) is 15.5 Å². The van der Waals surface area contributed by atoms with Crippen molar-refractivity contribution in [2.24, 2.45) is 10.9 Å². The molecule has 2 N–H and O–H groups in total. The number of amides is 1. The minimum absolute atomic E-state index is 0.0538. The largest absolute Gasteiger partial charge is 0.384 e. The minimum atomic E-state index is -0.0538. The molecule has 1 heterocycles. The number of ether oxygens (including phenoxy) is 1. The van der Waals surface area contributed by atoms with Crippen LogP contribution in [0.15, 0.2) is 29.3 Å². The molecule has 1 unspecified atom stereocenters. The highest BCUT2D eigenvalue weighted by molar-refractivity contribution is 5.94. The fourth-order valence-electron chi connectivity index (χ4n) is 3.06. The molecule has 0 spiro atoms. The van der Waals surface area contributed by atoms with Gasteiger partial charge in [0.2, 0.25) is 0 Å². The molecular weight excluding hydrogens is 304 g/mol. The molecule has 132 valence electrons. The second-order valence-corrected chi connectivity index (χ2v) is 6.06. The zero-order chi connectivity index (χ0) is 17.4. The van der Waals surface area contributed by atoms with Gasteiger partial charge in [0.15, 0.2) is 5.96 Å². The van der Waals surface area contributed by atoms with Crippen LogP contribution in [0.2, 0.25) is 0 Å². The van der Waals surface area contributed by atoms with Crippen LogP contribution in [0.3, 0.4) is 0 Å². The number of hydrogen-bond donors (Lipinski definition) is 2. The van der Waals surface area contributed by atoms with E-state index in [0.717, 1.165) is 50.6 Å². The molecule has 1 saturated heterocycles. The number of aliphatic imine (C=N–C) groups is 1. The van der Waals surface area contributed by atoms with Crippen LogP contribution in [-0.4, -0.2) is 64.2 Å². The van der Waals surface area contributed by atoms with E-state index in [0.29, 0.717) is 11.5 Å². The number of guanidine groups is 1. The van der Waals surface area contributed by atoms with Crippen LogP contribution in [0, 0.1) is 5.92 Å². The Kier molecular flexibility index (Phi) is 7.06. The van der Waals surface area contributed by atoms with Crippen LogP contribution < -0.4 is 10.6 Å². The number of nitrogens with zero attached hydrogens (tertiary/aromatic N) is 2. The Morgan fingerprint density at radius 2 is 2.29 bits per heavy atom. The van der Waals surface area contributed by atoms with Gasteiger partial charge in [-0.05, 0) is 30.5 Å². The second kappa shape index (κ2) is 9.27. The molecule has 0 bridgehead atoms. The lowest BCUT2D eigenvalue weighted by molar-refractivity contribution is 0.0963. The first-order valence-corrected chi connectivity index (χ1v) is 8.43. The Labute approximate surface area is 144 Å². The van der Waals surface area contributed by atoms with Gasteiger partial charge in [0.25, 0.3) is 5.91 Å². The zero-order valence-corrected chi connectivity index (χ0v) is 14.8. The fraction of sp³-hybridized carbons (Fsp3) is 0.556. The van der Waals surface area contributed by atoms with Gasteiger partial charge < -0.3 is 20.3 Å². The molecule has 1 aromatic carbocycles. The molecule has 1 amide bonds. The van der Waals surface area contributed by atoms with Gasteiger partial charge in [-0.2, -0.15) is 0 Å². The number of likely N-dealkylation sites (tertiary alicyclic amines) is 1. The molecule has 0 aliphatic carbocycles. The van der Waals surface area contributed by atoms with Crippen LogP contribution in [0.4, 0.5) is 0 Å². The van der Waals surface area contributed by atoms with Crippen LogP contribution in [-0.2, 0) is 11.2 Å². The van der Waals surface area contributed by atoms with Gasteiger partial charge in [0, 0.05) is 52.3 Å². The molecule has 0 aromatic heterocycles. The van der Waals surface area contributed by atoms with E-state index in [4.69, 9.17) is 4.74 Å². The smallest absolute Gasteiger partial charge is 0.251 e. The third-order valence-corrected chi connectivity index (χ3v) is 4.31. The molecule has 1 aromatic rings. The summed E-state index contributed by atoms with van der Waals surface area (Å²) in [6, 6.07) is 7.73. The zero-order valence-electron chi connectivity index (χ0n) is 14.8.